The van der Waals surface area contributed by atoms with Crippen LogP contribution in [-0.4, -0.2) is 63.9 Å². The van der Waals surface area contributed by atoms with Crippen molar-refractivity contribution in [1.29, 1.82) is 0 Å². The molecule has 0 aliphatic carbocycles. The van der Waals surface area contributed by atoms with Crippen LogP contribution in [0.25, 0.3) is 11.2 Å². The van der Waals surface area contributed by atoms with Crippen molar-refractivity contribution in [3.63, 3.8) is 0 Å². The Balaban J connectivity index is 1.89. The Morgan fingerprint density at radius 1 is 1.30 bits per heavy atom. The third kappa shape index (κ3) is 4.33. The molecule has 0 aromatic carbocycles. The van der Waals surface area contributed by atoms with E-state index in [-0.39, 0.29) is 17.1 Å². The maximum atomic E-state index is 12.2. The molecule has 7 N–H and O–H groups in total. The molecule has 5 atom stereocenters. The SMILES string of the molecule is Cn1c(N)nc(=O)c2c1n([C@@H]1O[C@H](COP(=O)(O)OP(=O)(O)O)[C@@H](O)[C@H]1O)c[n+]2C. The molecule has 18 heteroatoms. The largest absolute Gasteiger partial charge is 0.481 e. The fourth-order valence-corrected chi connectivity index (χ4v) is 4.71. The number of aryl methyl sites for hydroxylation is 2. The third-order valence-corrected chi connectivity index (χ3v) is 6.56. The zero-order valence-corrected chi connectivity index (χ0v) is 17.3. The highest BCUT2D eigenvalue weighted by Gasteiger charge is 2.49. The highest BCUT2D eigenvalue weighted by molar-refractivity contribution is 7.60. The third-order valence-electron chi connectivity index (χ3n) is 4.41. The lowest BCUT2D eigenvalue weighted by atomic mass is 10.1. The lowest BCUT2D eigenvalue weighted by Crippen LogP contribution is -2.34. The fourth-order valence-electron chi connectivity index (χ4n) is 3.11. The second-order valence-electron chi connectivity index (χ2n) is 6.52. The highest BCUT2D eigenvalue weighted by atomic mass is 31.3. The lowest BCUT2D eigenvalue weighted by molar-refractivity contribution is -0.646. The molecule has 2 aromatic heterocycles. The van der Waals surface area contributed by atoms with Crippen molar-refractivity contribution in [1.82, 2.24) is 14.1 Å². The topological polar surface area (TPSA) is 233 Å². The average molecular weight is 472 g/mol. The number of imidazole rings is 1. The van der Waals surface area contributed by atoms with Crippen molar-refractivity contribution < 1.29 is 52.2 Å². The summed E-state index contributed by atoms with van der Waals surface area (Å²) >= 11 is 0. The molecule has 16 nitrogen and oxygen atoms in total. The number of aromatic nitrogens is 4. The van der Waals surface area contributed by atoms with Crippen LogP contribution in [0.1, 0.15) is 6.23 Å². The van der Waals surface area contributed by atoms with E-state index in [4.69, 9.17) is 20.3 Å². The molecule has 1 unspecified atom stereocenters. The number of nitrogens with two attached hydrogens (primary N) is 1. The Kier molecular flexibility index (Phi) is 5.94. The second kappa shape index (κ2) is 7.76. The van der Waals surface area contributed by atoms with Gasteiger partial charge in [0, 0.05) is 7.05 Å². The van der Waals surface area contributed by atoms with Crippen molar-refractivity contribution in [2.45, 2.75) is 24.5 Å². The predicted molar refractivity (Wildman–Crippen MR) is 95.4 cm³/mol. The van der Waals surface area contributed by atoms with Gasteiger partial charge in [-0.1, -0.05) is 0 Å². The van der Waals surface area contributed by atoms with Gasteiger partial charge in [-0.2, -0.15) is 13.9 Å². The van der Waals surface area contributed by atoms with Gasteiger partial charge in [0.2, 0.25) is 18.5 Å². The van der Waals surface area contributed by atoms with E-state index in [1.165, 1.54) is 34.1 Å². The number of ether oxygens (including phenoxy) is 1. The summed E-state index contributed by atoms with van der Waals surface area (Å²) in [7, 11) is -7.45. The van der Waals surface area contributed by atoms with E-state index in [0.29, 0.717) is 0 Å². The van der Waals surface area contributed by atoms with E-state index in [2.05, 4.69) is 13.8 Å². The molecule has 1 saturated heterocycles. The van der Waals surface area contributed by atoms with Crippen molar-refractivity contribution in [3.05, 3.63) is 16.7 Å². The number of rotatable bonds is 6. The fraction of sp³-hybridized carbons (Fsp3) is 0.583. The van der Waals surface area contributed by atoms with Crippen LogP contribution >= 0.6 is 15.6 Å². The number of phosphoric acid groups is 2. The van der Waals surface area contributed by atoms with Gasteiger partial charge in [-0.05, 0) is 0 Å². The van der Waals surface area contributed by atoms with Gasteiger partial charge >= 0.3 is 21.2 Å². The van der Waals surface area contributed by atoms with Gasteiger partial charge < -0.3 is 35.4 Å². The Hall–Kier alpha value is -1.71. The van der Waals surface area contributed by atoms with E-state index >= 15 is 0 Å². The molecule has 2 aromatic rings. The van der Waals surface area contributed by atoms with Gasteiger partial charge in [0.25, 0.3) is 11.2 Å². The zero-order valence-electron chi connectivity index (χ0n) is 15.5. The van der Waals surface area contributed by atoms with Gasteiger partial charge in [0.1, 0.15) is 18.3 Å². The molecule has 3 rings (SSSR count). The van der Waals surface area contributed by atoms with Crippen LogP contribution in [0.3, 0.4) is 0 Å². The van der Waals surface area contributed by atoms with Crippen LogP contribution in [0.4, 0.5) is 5.95 Å². The Morgan fingerprint density at radius 3 is 2.53 bits per heavy atom. The lowest BCUT2D eigenvalue weighted by Gasteiger charge is -2.17. The number of anilines is 1. The van der Waals surface area contributed by atoms with E-state index in [1.807, 2.05) is 0 Å². The summed E-state index contributed by atoms with van der Waals surface area (Å²) < 4.78 is 40.0. The standard InChI is InChI=1S/C12H19N5O11P2/c1-15-4-17(10-6(15)9(20)14-12(13)16(10)2)11-8(19)7(18)5(27-11)3-26-30(24,25)28-29(21,22)23/h4-5,7-8,11,18-19H,3H2,1-2H3,(H4-,13,14,20,21,22,23,24,25)/p+1/t5-,7-,8-,11-/m1/s1. The zero-order chi connectivity index (χ0) is 22.6. The van der Waals surface area contributed by atoms with Crippen molar-refractivity contribution in [3.8, 4) is 0 Å². The van der Waals surface area contributed by atoms with Gasteiger partial charge in [-0.25, -0.2) is 13.7 Å². The number of hydrogen-bond donors (Lipinski definition) is 6. The summed E-state index contributed by atoms with van der Waals surface area (Å²) in [5.74, 6) is -0.115. The van der Waals surface area contributed by atoms with Crippen LogP contribution in [0.2, 0.25) is 0 Å². The molecule has 168 valence electrons. The molecule has 1 aliphatic rings. The molecule has 0 spiro atoms. The number of hydrogen-bond acceptors (Lipinski definition) is 10. The number of fused-ring (bicyclic) bond motifs is 1. The van der Waals surface area contributed by atoms with E-state index in [1.54, 1.807) is 0 Å². The smallest absolute Gasteiger partial charge is 0.387 e. The van der Waals surface area contributed by atoms with Crippen LogP contribution in [-0.2, 0) is 36.8 Å². The van der Waals surface area contributed by atoms with Crippen molar-refractivity contribution in [2.75, 3.05) is 12.3 Å². The Morgan fingerprint density at radius 2 is 1.93 bits per heavy atom. The van der Waals surface area contributed by atoms with Crippen LogP contribution in [0, 0.1) is 0 Å². The van der Waals surface area contributed by atoms with Crippen molar-refractivity contribution in [2.24, 2.45) is 14.1 Å². The second-order valence-corrected chi connectivity index (χ2v) is 9.35. The summed E-state index contributed by atoms with van der Waals surface area (Å²) in [6.45, 7) is -0.851. The first-order chi connectivity index (χ1) is 13.7. The maximum absolute atomic E-state index is 12.2. The van der Waals surface area contributed by atoms with Crippen molar-refractivity contribution >= 4 is 32.8 Å². The summed E-state index contributed by atoms with van der Waals surface area (Å²) in [4.78, 5) is 42.4. The highest BCUT2D eigenvalue weighted by Crippen LogP contribution is 2.57. The number of nitrogens with zero attached hydrogens (tertiary/aromatic N) is 4. The van der Waals surface area contributed by atoms with E-state index in [0.717, 1.165) is 0 Å². The molecule has 0 saturated carbocycles. The monoisotopic (exact) mass is 472 g/mol. The molecule has 3 heterocycles. The molecule has 0 radical (unpaired) electrons. The molecule has 0 bridgehead atoms. The average Bonchev–Trinajstić information content (AvgIpc) is 3.07. The predicted octanol–water partition coefficient (Wildman–Crippen LogP) is -3.01. The minimum Gasteiger partial charge on any atom is -0.387 e. The first-order valence-electron chi connectivity index (χ1n) is 8.20. The molecule has 0 amide bonds. The van der Waals surface area contributed by atoms with E-state index in [9.17, 15) is 29.0 Å². The summed E-state index contributed by atoms with van der Waals surface area (Å²) in [5.41, 5.74) is 5.43. The molecule has 1 aliphatic heterocycles. The quantitative estimate of drug-likeness (QED) is 0.182. The van der Waals surface area contributed by atoms with Crippen LogP contribution in [0.15, 0.2) is 11.1 Å². The maximum Gasteiger partial charge on any atom is 0.481 e. The van der Waals surface area contributed by atoms with Crippen LogP contribution in [0.5, 0.6) is 0 Å². The number of aliphatic hydroxyl groups is 2. The Bertz CT molecular complexity index is 1130. The summed E-state index contributed by atoms with van der Waals surface area (Å²) in [6.07, 6.45) is -4.45. The first-order valence-corrected chi connectivity index (χ1v) is 11.2. The normalized spacial score (nSPS) is 26.9. The van der Waals surface area contributed by atoms with Gasteiger partial charge in [-0.15, -0.1) is 0 Å². The minimum absolute atomic E-state index is 0.115. The van der Waals surface area contributed by atoms with Gasteiger partial charge in [-0.3, -0.25) is 13.9 Å². The molecule has 30 heavy (non-hydrogen) atoms. The number of aliphatic hydroxyl groups excluding tert-OH is 2. The van der Waals surface area contributed by atoms with E-state index < -0.39 is 52.4 Å². The summed E-state index contributed by atoms with van der Waals surface area (Å²) in [5, 5.41) is 20.6. The number of nitrogen functional groups attached to an aromatic ring is 1. The molecular formula is C12H20N5O11P2+. The molecular weight excluding hydrogens is 452 g/mol. The first kappa shape index (κ1) is 23.0. The molecule has 1 fully saturated rings. The van der Waals surface area contributed by atoms with Gasteiger partial charge in [0.05, 0.1) is 13.7 Å². The Labute approximate surface area is 167 Å². The minimum atomic E-state index is -5.32. The summed E-state index contributed by atoms with van der Waals surface area (Å²) in [6, 6.07) is 0. The van der Waals surface area contributed by atoms with Crippen LogP contribution < -0.4 is 15.9 Å². The number of phosphoric ester groups is 1. The van der Waals surface area contributed by atoms with Gasteiger partial charge in [0.15, 0.2) is 0 Å².